The van der Waals surface area contributed by atoms with Crippen LogP contribution in [0.1, 0.15) is 6.42 Å². The van der Waals surface area contributed by atoms with Crippen molar-refractivity contribution in [1.29, 1.82) is 0 Å². The first-order chi connectivity index (χ1) is 7.86. The molecule has 0 aromatic carbocycles. The number of carbonyl (C=O) groups excluding carboxylic acids is 1. The van der Waals surface area contributed by atoms with E-state index in [2.05, 4.69) is 10.2 Å². The van der Waals surface area contributed by atoms with Crippen molar-refractivity contribution < 1.29 is 9.53 Å². The van der Waals surface area contributed by atoms with E-state index in [0.29, 0.717) is 19.6 Å². The summed E-state index contributed by atoms with van der Waals surface area (Å²) in [7, 11) is 0. The van der Waals surface area contributed by atoms with E-state index in [1.165, 1.54) is 0 Å². The molecule has 2 aliphatic heterocycles. The summed E-state index contributed by atoms with van der Waals surface area (Å²) in [5.41, 5.74) is 0. The van der Waals surface area contributed by atoms with E-state index in [1.807, 2.05) is 4.90 Å². The Bertz CT molecular complexity index is 229. The molecule has 2 saturated heterocycles. The molecule has 0 unspecified atom stereocenters. The average Bonchev–Trinajstić information content (AvgIpc) is 2.38. The van der Waals surface area contributed by atoms with Crippen LogP contribution in [-0.2, 0) is 9.53 Å². The Labute approximate surface area is 109 Å². The van der Waals surface area contributed by atoms with Crippen LogP contribution >= 0.6 is 12.4 Å². The number of rotatable bonds is 3. The molecule has 5 nitrogen and oxygen atoms in total. The maximum atomic E-state index is 11.9. The Balaban J connectivity index is 0.00000144. The molecular formula is C11H22ClN3O2. The van der Waals surface area contributed by atoms with Crippen molar-refractivity contribution in [2.75, 3.05) is 59.0 Å². The highest BCUT2D eigenvalue weighted by Crippen LogP contribution is 2.02. The van der Waals surface area contributed by atoms with Crippen LogP contribution in [0.5, 0.6) is 0 Å². The van der Waals surface area contributed by atoms with Crippen molar-refractivity contribution >= 4 is 18.3 Å². The molecule has 1 N–H and O–H groups in total. The molecular weight excluding hydrogens is 242 g/mol. The smallest absolute Gasteiger partial charge is 0.224 e. The fourth-order valence-electron chi connectivity index (χ4n) is 2.16. The van der Waals surface area contributed by atoms with Gasteiger partial charge in [0.25, 0.3) is 0 Å². The Morgan fingerprint density at radius 1 is 1.12 bits per heavy atom. The zero-order chi connectivity index (χ0) is 11.2. The highest BCUT2D eigenvalue weighted by molar-refractivity contribution is 5.85. The van der Waals surface area contributed by atoms with E-state index in [9.17, 15) is 4.79 Å². The number of halogens is 1. The highest BCUT2D eigenvalue weighted by Gasteiger charge is 2.18. The first-order valence-electron chi connectivity index (χ1n) is 6.15. The molecule has 0 radical (unpaired) electrons. The largest absolute Gasteiger partial charge is 0.378 e. The van der Waals surface area contributed by atoms with E-state index in [1.54, 1.807) is 0 Å². The molecule has 1 amide bonds. The molecule has 0 aliphatic carbocycles. The molecule has 0 spiro atoms. The number of ether oxygens (including phenoxy) is 1. The second-order valence-electron chi connectivity index (χ2n) is 4.33. The number of carbonyl (C=O) groups is 1. The van der Waals surface area contributed by atoms with Gasteiger partial charge in [-0.05, 0) is 0 Å². The summed E-state index contributed by atoms with van der Waals surface area (Å²) in [6.07, 6.45) is 0.653. The lowest BCUT2D eigenvalue weighted by molar-refractivity contribution is -0.135. The van der Waals surface area contributed by atoms with Crippen molar-refractivity contribution in [2.45, 2.75) is 6.42 Å². The van der Waals surface area contributed by atoms with Crippen LogP contribution in [0.25, 0.3) is 0 Å². The SMILES string of the molecule is Cl.O=C(CCN1CCNCC1)N1CCOCC1. The molecule has 6 heteroatoms. The highest BCUT2D eigenvalue weighted by atomic mass is 35.5. The third-order valence-electron chi connectivity index (χ3n) is 3.22. The van der Waals surface area contributed by atoms with Gasteiger partial charge in [-0.2, -0.15) is 0 Å². The lowest BCUT2D eigenvalue weighted by Gasteiger charge is -2.30. The third-order valence-corrected chi connectivity index (χ3v) is 3.22. The van der Waals surface area contributed by atoms with Gasteiger partial charge in [0.15, 0.2) is 0 Å². The third kappa shape index (κ3) is 4.79. The Hall–Kier alpha value is -0.360. The maximum absolute atomic E-state index is 11.9. The van der Waals surface area contributed by atoms with Gasteiger partial charge in [0.2, 0.25) is 5.91 Å². The van der Waals surface area contributed by atoms with Gasteiger partial charge in [-0.15, -0.1) is 12.4 Å². The number of nitrogens with zero attached hydrogens (tertiary/aromatic N) is 2. The van der Waals surface area contributed by atoms with Crippen molar-refractivity contribution in [3.63, 3.8) is 0 Å². The zero-order valence-electron chi connectivity index (χ0n) is 10.2. The summed E-state index contributed by atoms with van der Waals surface area (Å²) >= 11 is 0. The summed E-state index contributed by atoms with van der Waals surface area (Å²) < 4.78 is 5.23. The Morgan fingerprint density at radius 2 is 1.76 bits per heavy atom. The minimum absolute atomic E-state index is 0. The van der Waals surface area contributed by atoms with E-state index in [-0.39, 0.29) is 18.3 Å². The molecule has 0 aromatic rings. The standard InChI is InChI=1S/C11H21N3O2.ClH/c15-11(14-7-9-16-10-8-14)1-4-13-5-2-12-3-6-13;/h12H,1-10H2;1H. The molecule has 0 saturated carbocycles. The fraction of sp³-hybridized carbons (Fsp3) is 0.909. The summed E-state index contributed by atoms with van der Waals surface area (Å²) in [5, 5.41) is 3.31. The van der Waals surface area contributed by atoms with Crippen molar-refractivity contribution in [3.8, 4) is 0 Å². The Kier molecular flexibility index (Phi) is 6.80. The van der Waals surface area contributed by atoms with Crippen molar-refractivity contribution in [2.24, 2.45) is 0 Å². The lowest BCUT2D eigenvalue weighted by atomic mass is 10.3. The minimum Gasteiger partial charge on any atom is -0.378 e. The van der Waals surface area contributed by atoms with E-state index in [4.69, 9.17) is 4.74 Å². The predicted octanol–water partition coefficient (Wildman–Crippen LogP) is -0.438. The predicted molar refractivity (Wildman–Crippen MR) is 68.6 cm³/mol. The first kappa shape index (κ1) is 14.7. The van der Waals surface area contributed by atoms with Crippen molar-refractivity contribution in [3.05, 3.63) is 0 Å². The maximum Gasteiger partial charge on any atom is 0.224 e. The molecule has 17 heavy (non-hydrogen) atoms. The number of nitrogens with one attached hydrogen (secondary N) is 1. The fourth-order valence-corrected chi connectivity index (χ4v) is 2.16. The second kappa shape index (κ2) is 7.87. The monoisotopic (exact) mass is 263 g/mol. The van der Waals surface area contributed by atoms with Gasteiger partial charge in [0.1, 0.15) is 0 Å². The minimum atomic E-state index is 0. The first-order valence-corrected chi connectivity index (χ1v) is 6.15. The average molecular weight is 264 g/mol. The lowest BCUT2D eigenvalue weighted by Crippen LogP contribution is -2.46. The number of piperazine rings is 1. The summed E-state index contributed by atoms with van der Waals surface area (Å²) in [6, 6.07) is 0. The van der Waals surface area contributed by atoms with Gasteiger partial charge >= 0.3 is 0 Å². The van der Waals surface area contributed by atoms with Crippen molar-refractivity contribution in [1.82, 2.24) is 15.1 Å². The molecule has 0 bridgehead atoms. The molecule has 0 atom stereocenters. The number of hydrogen-bond acceptors (Lipinski definition) is 4. The molecule has 2 aliphatic rings. The van der Waals surface area contributed by atoms with Crippen LogP contribution in [0.4, 0.5) is 0 Å². The van der Waals surface area contributed by atoms with Crippen LogP contribution in [0.15, 0.2) is 0 Å². The van der Waals surface area contributed by atoms with E-state index >= 15 is 0 Å². The van der Waals surface area contributed by atoms with Gasteiger partial charge in [-0.1, -0.05) is 0 Å². The molecule has 0 aromatic heterocycles. The van der Waals surface area contributed by atoms with Gasteiger partial charge in [-0.25, -0.2) is 0 Å². The summed E-state index contributed by atoms with van der Waals surface area (Å²) in [4.78, 5) is 16.1. The Morgan fingerprint density at radius 3 is 2.41 bits per heavy atom. The summed E-state index contributed by atoms with van der Waals surface area (Å²) in [6.45, 7) is 8.04. The quantitative estimate of drug-likeness (QED) is 0.750. The van der Waals surface area contributed by atoms with Gasteiger partial charge in [0.05, 0.1) is 13.2 Å². The normalized spacial score (nSPS) is 22.0. The topological polar surface area (TPSA) is 44.8 Å². The van der Waals surface area contributed by atoms with E-state index < -0.39 is 0 Å². The molecule has 2 heterocycles. The van der Waals surface area contributed by atoms with Gasteiger partial charge < -0.3 is 19.9 Å². The van der Waals surface area contributed by atoms with Crippen LogP contribution < -0.4 is 5.32 Å². The zero-order valence-corrected chi connectivity index (χ0v) is 11.0. The van der Waals surface area contributed by atoms with E-state index in [0.717, 1.165) is 45.8 Å². The van der Waals surface area contributed by atoms with Gasteiger partial charge in [0, 0.05) is 52.2 Å². The molecule has 100 valence electrons. The van der Waals surface area contributed by atoms with Gasteiger partial charge in [-0.3, -0.25) is 4.79 Å². The molecule has 2 rings (SSSR count). The number of hydrogen-bond donors (Lipinski definition) is 1. The van der Waals surface area contributed by atoms with Crippen LogP contribution in [0.3, 0.4) is 0 Å². The van der Waals surface area contributed by atoms with Crippen LogP contribution in [0, 0.1) is 0 Å². The number of amides is 1. The van der Waals surface area contributed by atoms with Crippen LogP contribution in [0.2, 0.25) is 0 Å². The van der Waals surface area contributed by atoms with Crippen LogP contribution in [-0.4, -0.2) is 74.7 Å². The number of morpholine rings is 1. The molecule has 2 fully saturated rings. The summed E-state index contributed by atoms with van der Waals surface area (Å²) in [5.74, 6) is 0.279. The second-order valence-corrected chi connectivity index (χ2v) is 4.33.